The summed E-state index contributed by atoms with van der Waals surface area (Å²) in [6.07, 6.45) is 4.98. The molecule has 4 rings (SSSR count). The van der Waals surface area contributed by atoms with Crippen LogP contribution in [-0.4, -0.2) is 47.4 Å². The summed E-state index contributed by atoms with van der Waals surface area (Å²) in [6.45, 7) is 1.83. The molecule has 1 aromatic heterocycles. The van der Waals surface area contributed by atoms with Gasteiger partial charge in [-0.05, 0) is 50.7 Å². The van der Waals surface area contributed by atoms with Crippen molar-refractivity contribution >= 4 is 32.7 Å². The molecule has 6 nitrogen and oxygen atoms in total. The summed E-state index contributed by atoms with van der Waals surface area (Å²) in [4.78, 5) is 19.3. The van der Waals surface area contributed by atoms with E-state index in [4.69, 9.17) is 4.98 Å². The monoisotopic (exact) mass is 374 g/mol. The molecule has 3 N–H and O–H groups in total. The Balaban J connectivity index is 1.25. The molecule has 2 aromatic rings. The van der Waals surface area contributed by atoms with Crippen LogP contribution in [0.2, 0.25) is 0 Å². The molecule has 1 aliphatic carbocycles. The van der Waals surface area contributed by atoms with Gasteiger partial charge in [-0.3, -0.25) is 0 Å². The third-order valence-corrected chi connectivity index (χ3v) is 6.51. The van der Waals surface area contributed by atoms with Gasteiger partial charge in [0.1, 0.15) is 0 Å². The van der Waals surface area contributed by atoms with Crippen LogP contribution in [0.5, 0.6) is 0 Å². The van der Waals surface area contributed by atoms with Crippen LogP contribution < -0.4 is 15.5 Å². The van der Waals surface area contributed by atoms with Gasteiger partial charge in [-0.1, -0.05) is 23.5 Å². The molecule has 2 aliphatic rings. The van der Waals surface area contributed by atoms with E-state index in [0.717, 1.165) is 62.3 Å². The van der Waals surface area contributed by atoms with Gasteiger partial charge in [-0.2, -0.15) is 0 Å². The van der Waals surface area contributed by atoms with Crippen molar-refractivity contribution in [3.8, 4) is 0 Å². The lowest BCUT2D eigenvalue weighted by molar-refractivity contribution is 0.117. The number of hydrogen-bond donors (Lipinski definition) is 3. The molecule has 140 valence electrons. The Hall–Kier alpha value is -1.86. The average molecular weight is 375 g/mol. The predicted octanol–water partition coefficient (Wildman–Crippen LogP) is 2.87. The summed E-state index contributed by atoms with van der Waals surface area (Å²) < 4.78 is 1.22. The Morgan fingerprint density at radius 3 is 2.38 bits per heavy atom. The average Bonchev–Trinajstić information content (AvgIpc) is 3.08. The Labute approximate surface area is 157 Å². The highest BCUT2D eigenvalue weighted by molar-refractivity contribution is 7.22. The first-order chi connectivity index (χ1) is 12.7. The molecule has 0 unspecified atom stereocenters. The minimum atomic E-state index is -0.192. The number of aliphatic hydroxyl groups is 1. The number of benzene rings is 1. The van der Waals surface area contributed by atoms with Gasteiger partial charge in [0.25, 0.3) is 0 Å². The molecule has 0 radical (unpaired) electrons. The molecule has 2 fully saturated rings. The number of rotatable bonds is 3. The maximum absolute atomic E-state index is 12.2. The number of carbonyl (C=O) groups is 1. The van der Waals surface area contributed by atoms with E-state index in [1.54, 1.807) is 11.3 Å². The maximum Gasteiger partial charge on any atom is 0.315 e. The Morgan fingerprint density at radius 1 is 1.04 bits per heavy atom. The number of aromatic nitrogens is 1. The topological polar surface area (TPSA) is 77.5 Å². The Morgan fingerprint density at radius 2 is 1.69 bits per heavy atom. The fourth-order valence-electron chi connectivity index (χ4n) is 3.84. The second-order valence-corrected chi connectivity index (χ2v) is 8.36. The van der Waals surface area contributed by atoms with Crippen LogP contribution in [0.3, 0.4) is 0 Å². The molecule has 0 spiro atoms. The first-order valence-corrected chi connectivity index (χ1v) is 10.3. The largest absolute Gasteiger partial charge is 0.393 e. The zero-order chi connectivity index (χ0) is 17.9. The first kappa shape index (κ1) is 17.5. The van der Waals surface area contributed by atoms with Crippen molar-refractivity contribution in [3.05, 3.63) is 24.3 Å². The molecule has 2 amide bonds. The number of amides is 2. The maximum atomic E-state index is 12.2. The molecule has 26 heavy (non-hydrogen) atoms. The van der Waals surface area contributed by atoms with Gasteiger partial charge in [0, 0.05) is 25.2 Å². The molecule has 0 bridgehead atoms. The zero-order valence-corrected chi connectivity index (χ0v) is 15.7. The Kier molecular flexibility index (Phi) is 5.26. The summed E-state index contributed by atoms with van der Waals surface area (Å²) in [7, 11) is 0. The zero-order valence-electron chi connectivity index (χ0n) is 14.9. The van der Waals surface area contributed by atoms with Crippen LogP contribution in [-0.2, 0) is 0 Å². The van der Waals surface area contributed by atoms with Crippen LogP contribution in [0.15, 0.2) is 24.3 Å². The van der Waals surface area contributed by atoms with Crippen LogP contribution in [0.25, 0.3) is 10.2 Å². The van der Waals surface area contributed by atoms with E-state index in [9.17, 15) is 9.90 Å². The van der Waals surface area contributed by atoms with Gasteiger partial charge in [0.05, 0.1) is 16.3 Å². The van der Waals surface area contributed by atoms with Gasteiger partial charge in [0.15, 0.2) is 5.13 Å². The van der Waals surface area contributed by atoms with Crippen molar-refractivity contribution in [2.45, 2.75) is 56.7 Å². The number of thiazole rings is 1. The standard InChI is InChI=1S/C19H26N4O2S/c24-15-7-5-13(6-8-15)20-18(25)21-14-9-11-23(12-10-14)19-22-16-3-1-2-4-17(16)26-19/h1-4,13-15,24H,5-12H2,(H2,20,21,25). The van der Waals surface area contributed by atoms with Gasteiger partial charge in [-0.15, -0.1) is 0 Å². The molecule has 1 saturated carbocycles. The van der Waals surface area contributed by atoms with Crippen LogP contribution in [0.4, 0.5) is 9.93 Å². The van der Waals surface area contributed by atoms with E-state index >= 15 is 0 Å². The SMILES string of the molecule is O=C(NC1CCC(O)CC1)NC1CCN(c2nc3ccccc3s2)CC1. The molecular weight excluding hydrogens is 348 g/mol. The second kappa shape index (κ2) is 7.80. The lowest BCUT2D eigenvalue weighted by atomic mass is 9.93. The highest BCUT2D eigenvalue weighted by Crippen LogP contribution is 2.30. The number of nitrogens with zero attached hydrogens (tertiary/aromatic N) is 2. The van der Waals surface area contributed by atoms with Gasteiger partial charge in [0.2, 0.25) is 0 Å². The minimum Gasteiger partial charge on any atom is -0.393 e. The lowest BCUT2D eigenvalue weighted by Crippen LogP contribution is -2.50. The number of carbonyl (C=O) groups excluding carboxylic acids is 1. The summed E-state index contributed by atoms with van der Waals surface area (Å²) in [6, 6.07) is 8.58. The summed E-state index contributed by atoms with van der Waals surface area (Å²) in [5, 5.41) is 16.8. The molecule has 2 heterocycles. The van der Waals surface area contributed by atoms with Crippen molar-refractivity contribution < 1.29 is 9.90 Å². The fourth-order valence-corrected chi connectivity index (χ4v) is 4.86. The predicted molar refractivity (Wildman–Crippen MR) is 105 cm³/mol. The van der Waals surface area contributed by atoms with Crippen molar-refractivity contribution in [1.29, 1.82) is 0 Å². The molecule has 7 heteroatoms. The van der Waals surface area contributed by atoms with Gasteiger partial charge in [-0.25, -0.2) is 9.78 Å². The smallest absolute Gasteiger partial charge is 0.315 e. The summed E-state index contributed by atoms with van der Waals surface area (Å²) >= 11 is 1.74. The van der Waals surface area contributed by atoms with E-state index < -0.39 is 0 Å². The van der Waals surface area contributed by atoms with E-state index in [0.29, 0.717) is 0 Å². The highest BCUT2D eigenvalue weighted by Gasteiger charge is 2.25. The Bertz CT molecular complexity index is 716. The van der Waals surface area contributed by atoms with Crippen LogP contribution >= 0.6 is 11.3 Å². The molecular formula is C19H26N4O2S. The summed E-state index contributed by atoms with van der Waals surface area (Å²) in [5.41, 5.74) is 1.06. The first-order valence-electron chi connectivity index (χ1n) is 9.53. The normalized spacial score (nSPS) is 24.6. The van der Waals surface area contributed by atoms with Crippen molar-refractivity contribution in [1.82, 2.24) is 15.6 Å². The second-order valence-electron chi connectivity index (χ2n) is 7.35. The number of aliphatic hydroxyl groups excluding tert-OH is 1. The lowest BCUT2D eigenvalue weighted by Gasteiger charge is -2.33. The number of hydrogen-bond acceptors (Lipinski definition) is 5. The molecule has 1 aromatic carbocycles. The van der Waals surface area contributed by atoms with E-state index in [-0.39, 0.29) is 24.2 Å². The number of urea groups is 1. The van der Waals surface area contributed by atoms with E-state index in [2.05, 4.69) is 27.7 Å². The number of para-hydroxylation sites is 1. The summed E-state index contributed by atoms with van der Waals surface area (Å²) in [5.74, 6) is 0. The van der Waals surface area contributed by atoms with Gasteiger partial charge >= 0.3 is 6.03 Å². The highest BCUT2D eigenvalue weighted by atomic mass is 32.1. The quantitative estimate of drug-likeness (QED) is 0.772. The molecule has 0 atom stereocenters. The van der Waals surface area contributed by atoms with Crippen molar-refractivity contribution in [2.24, 2.45) is 0 Å². The number of nitrogens with one attached hydrogen (secondary N) is 2. The number of fused-ring (bicyclic) bond motifs is 1. The number of piperidine rings is 1. The molecule has 1 saturated heterocycles. The third kappa shape index (κ3) is 4.10. The van der Waals surface area contributed by atoms with Gasteiger partial charge < -0.3 is 20.6 Å². The third-order valence-electron chi connectivity index (χ3n) is 5.42. The number of anilines is 1. The van der Waals surface area contributed by atoms with Crippen LogP contribution in [0, 0.1) is 0 Å². The molecule has 1 aliphatic heterocycles. The van der Waals surface area contributed by atoms with E-state index in [1.807, 2.05) is 12.1 Å². The van der Waals surface area contributed by atoms with Crippen molar-refractivity contribution in [3.63, 3.8) is 0 Å². The minimum absolute atomic E-state index is 0.0650. The van der Waals surface area contributed by atoms with E-state index in [1.165, 1.54) is 4.70 Å². The van der Waals surface area contributed by atoms with Crippen LogP contribution in [0.1, 0.15) is 38.5 Å². The fraction of sp³-hybridized carbons (Fsp3) is 0.579. The van der Waals surface area contributed by atoms with Crippen molar-refractivity contribution in [2.75, 3.05) is 18.0 Å².